The van der Waals surface area contributed by atoms with Crippen molar-refractivity contribution in [2.45, 2.75) is 26.9 Å². The summed E-state index contributed by atoms with van der Waals surface area (Å²) in [5.74, 6) is -0.492. The third-order valence-electron chi connectivity index (χ3n) is 3.89. The van der Waals surface area contributed by atoms with Crippen LogP contribution in [0.25, 0.3) is 0 Å². The Labute approximate surface area is 172 Å². The highest BCUT2D eigenvalue weighted by molar-refractivity contribution is 9.10. The molecule has 0 spiro atoms. The number of anilines is 2. The van der Waals surface area contributed by atoms with Gasteiger partial charge < -0.3 is 10.3 Å². The summed E-state index contributed by atoms with van der Waals surface area (Å²) >= 11 is 3.30. The topological polar surface area (TPSA) is 35.6 Å². The molecular weight excluding hydrogens is 435 g/mol. The predicted molar refractivity (Wildman–Crippen MR) is 112 cm³/mol. The fraction of sp³-hybridized carbons (Fsp3) is 0.350. The molecule has 2 aromatic rings. The molecule has 0 radical (unpaired) electrons. The molecule has 1 N–H and O–H groups in total. The standard InChI is InChI=1S/C18H19BrF3N3O.C2H6/c1-11-5-7-14(19)13(9-11)17(26)23-15-10-12(18(20,21)22)6-8-16(15)25(4)24(2)3;1-2/h5-10H,1-4H3,(H,23,26);1-2H3. The third-order valence-corrected chi connectivity index (χ3v) is 4.58. The maximum Gasteiger partial charge on any atom is 0.416 e. The zero-order valence-electron chi connectivity index (χ0n) is 16.8. The van der Waals surface area contributed by atoms with Gasteiger partial charge in [0.25, 0.3) is 5.91 Å². The van der Waals surface area contributed by atoms with Gasteiger partial charge in [0.1, 0.15) is 0 Å². The average molecular weight is 460 g/mol. The zero-order valence-corrected chi connectivity index (χ0v) is 18.4. The summed E-state index contributed by atoms with van der Waals surface area (Å²) < 4.78 is 39.8. The predicted octanol–water partition coefficient (Wildman–Crippen LogP) is 5.97. The van der Waals surface area contributed by atoms with E-state index in [4.69, 9.17) is 0 Å². The lowest BCUT2D eigenvalue weighted by atomic mass is 10.1. The number of alkyl halides is 3. The van der Waals surface area contributed by atoms with Crippen LogP contribution in [0.15, 0.2) is 40.9 Å². The molecule has 0 fully saturated rings. The number of nitrogens with zero attached hydrogens (tertiary/aromatic N) is 2. The minimum atomic E-state index is -4.50. The van der Waals surface area contributed by atoms with Crippen molar-refractivity contribution in [1.82, 2.24) is 5.01 Å². The molecule has 8 heteroatoms. The molecule has 0 aliphatic carbocycles. The molecule has 0 unspecified atom stereocenters. The maximum atomic E-state index is 13.1. The Kier molecular flexibility index (Phi) is 8.50. The Morgan fingerprint density at radius 2 is 1.64 bits per heavy atom. The summed E-state index contributed by atoms with van der Waals surface area (Å²) in [6.45, 7) is 5.83. The molecule has 0 saturated heterocycles. The van der Waals surface area contributed by atoms with Gasteiger partial charge in [0.05, 0.1) is 22.5 Å². The van der Waals surface area contributed by atoms with Crippen LogP contribution in [-0.2, 0) is 6.18 Å². The van der Waals surface area contributed by atoms with Gasteiger partial charge in [-0.3, -0.25) is 4.79 Å². The molecular formula is C20H25BrF3N3O. The molecule has 0 aliphatic heterocycles. The first-order chi connectivity index (χ1) is 13.0. The number of rotatable bonds is 4. The van der Waals surface area contributed by atoms with Crippen LogP contribution in [0.2, 0.25) is 0 Å². The molecule has 4 nitrogen and oxygen atoms in total. The largest absolute Gasteiger partial charge is 0.416 e. The van der Waals surface area contributed by atoms with Gasteiger partial charge in [0, 0.05) is 25.6 Å². The Morgan fingerprint density at radius 3 is 2.18 bits per heavy atom. The number of carbonyl (C=O) groups is 1. The van der Waals surface area contributed by atoms with Gasteiger partial charge in [-0.2, -0.15) is 13.2 Å². The fourth-order valence-corrected chi connectivity index (χ4v) is 2.74. The number of hydrogen-bond donors (Lipinski definition) is 1. The van der Waals surface area contributed by atoms with E-state index in [2.05, 4.69) is 21.2 Å². The van der Waals surface area contributed by atoms with Crippen molar-refractivity contribution in [2.24, 2.45) is 0 Å². The van der Waals surface area contributed by atoms with Crippen LogP contribution >= 0.6 is 15.9 Å². The van der Waals surface area contributed by atoms with E-state index in [-0.39, 0.29) is 5.69 Å². The van der Waals surface area contributed by atoms with Crippen LogP contribution in [0.1, 0.15) is 35.3 Å². The smallest absolute Gasteiger partial charge is 0.320 e. The highest BCUT2D eigenvalue weighted by Gasteiger charge is 2.31. The van der Waals surface area contributed by atoms with Gasteiger partial charge >= 0.3 is 6.18 Å². The van der Waals surface area contributed by atoms with Crippen molar-refractivity contribution in [3.05, 3.63) is 57.6 Å². The van der Waals surface area contributed by atoms with Crippen molar-refractivity contribution in [3.63, 3.8) is 0 Å². The Bertz CT molecular complexity index is 823. The molecule has 0 saturated carbocycles. The minimum Gasteiger partial charge on any atom is -0.320 e. The van der Waals surface area contributed by atoms with E-state index in [1.165, 1.54) is 6.07 Å². The van der Waals surface area contributed by atoms with Crippen LogP contribution in [-0.4, -0.2) is 32.1 Å². The van der Waals surface area contributed by atoms with Crippen molar-refractivity contribution in [3.8, 4) is 0 Å². The second-order valence-electron chi connectivity index (χ2n) is 6.04. The van der Waals surface area contributed by atoms with E-state index in [1.807, 2.05) is 26.8 Å². The lowest BCUT2D eigenvalue weighted by Gasteiger charge is -2.29. The molecule has 0 atom stereocenters. The van der Waals surface area contributed by atoms with E-state index in [0.29, 0.717) is 15.7 Å². The number of aryl methyl sites for hydroxylation is 1. The van der Waals surface area contributed by atoms with Crippen LogP contribution in [0, 0.1) is 6.92 Å². The molecule has 28 heavy (non-hydrogen) atoms. The molecule has 1 amide bonds. The van der Waals surface area contributed by atoms with Crippen molar-refractivity contribution >= 4 is 33.2 Å². The normalized spacial score (nSPS) is 11.0. The Balaban J connectivity index is 0.00000190. The quantitative estimate of drug-likeness (QED) is 0.572. The third kappa shape index (κ3) is 5.97. The minimum absolute atomic E-state index is 0.0782. The summed E-state index contributed by atoms with van der Waals surface area (Å²) in [6.07, 6.45) is -4.50. The van der Waals surface area contributed by atoms with E-state index in [0.717, 1.165) is 17.7 Å². The molecule has 0 heterocycles. The first-order valence-corrected chi connectivity index (χ1v) is 9.49. The Hall–Kier alpha value is -2.06. The van der Waals surface area contributed by atoms with Crippen LogP contribution < -0.4 is 10.3 Å². The van der Waals surface area contributed by atoms with Crippen LogP contribution in [0.5, 0.6) is 0 Å². The second-order valence-corrected chi connectivity index (χ2v) is 6.89. The first-order valence-electron chi connectivity index (χ1n) is 8.70. The number of hydrazine groups is 1. The number of halogens is 4. The summed E-state index contributed by atoms with van der Waals surface area (Å²) in [4.78, 5) is 12.6. The molecule has 2 rings (SSSR count). The van der Waals surface area contributed by atoms with Gasteiger partial charge in [-0.1, -0.05) is 25.5 Å². The molecule has 154 valence electrons. The van der Waals surface area contributed by atoms with E-state index < -0.39 is 17.6 Å². The lowest BCUT2D eigenvalue weighted by molar-refractivity contribution is -0.137. The van der Waals surface area contributed by atoms with Crippen molar-refractivity contribution in [2.75, 3.05) is 31.5 Å². The molecule has 2 aromatic carbocycles. The number of benzene rings is 2. The molecule has 0 aliphatic rings. The SMILES string of the molecule is CC.Cc1ccc(Br)c(C(=O)Nc2cc(C(F)(F)F)ccc2N(C)N(C)C)c1. The van der Waals surface area contributed by atoms with Crippen LogP contribution in [0.3, 0.4) is 0 Å². The zero-order chi connectivity index (χ0) is 21.6. The summed E-state index contributed by atoms with van der Waals surface area (Å²) in [5, 5.41) is 5.94. The fourth-order valence-electron chi connectivity index (χ4n) is 2.31. The number of hydrogen-bond acceptors (Lipinski definition) is 3. The molecule has 0 bridgehead atoms. The monoisotopic (exact) mass is 459 g/mol. The number of amides is 1. The maximum absolute atomic E-state index is 13.1. The van der Waals surface area contributed by atoms with Gasteiger partial charge in [0.15, 0.2) is 0 Å². The van der Waals surface area contributed by atoms with Gasteiger partial charge in [-0.25, -0.2) is 5.01 Å². The first kappa shape index (κ1) is 24.0. The average Bonchev–Trinajstić information content (AvgIpc) is 2.63. The molecule has 0 aromatic heterocycles. The summed E-state index contributed by atoms with van der Waals surface area (Å²) in [5.41, 5.74) is 0.912. The highest BCUT2D eigenvalue weighted by atomic mass is 79.9. The van der Waals surface area contributed by atoms with Gasteiger partial charge in [-0.15, -0.1) is 0 Å². The summed E-state index contributed by atoms with van der Waals surface area (Å²) in [7, 11) is 5.20. The second kappa shape index (κ2) is 9.93. The number of carbonyl (C=O) groups excluding carboxylic acids is 1. The highest BCUT2D eigenvalue weighted by Crippen LogP contribution is 2.35. The van der Waals surface area contributed by atoms with Gasteiger partial charge in [-0.05, 0) is 53.2 Å². The lowest BCUT2D eigenvalue weighted by Crippen LogP contribution is -2.34. The van der Waals surface area contributed by atoms with E-state index >= 15 is 0 Å². The van der Waals surface area contributed by atoms with Crippen molar-refractivity contribution in [1.29, 1.82) is 0 Å². The number of nitrogens with one attached hydrogen (secondary N) is 1. The van der Waals surface area contributed by atoms with Crippen molar-refractivity contribution < 1.29 is 18.0 Å². The van der Waals surface area contributed by atoms with Gasteiger partial charge in [0.2, 0.25) is 0 Å². The summed E-state index contributed by atoms with van der Waals surface area (Å²) in [6, 6.07) is 8.50. The van der Waals surface area contributed by atoms with E-state index in [1.54, 1.807) is 43.3 Å². The van der Waals surface area contributed by atoms with E-state index in [9.17, 15) is 18.0 Å². The van der Waals surface area contributed by atoms with Crippen LogP contribution in [0.4, 0.5) is 24.5 Å². The Morgan fingerprint density at radius 1 is 1.04 bits per heavy atom.